The highest BCUT2D eigenvalue weighted by Crippen LogP contribution is 2.19. The highest BCUT2D eigenvalue weighted by Gasteiger charge is 2.02. The number of methoxy groups -OCH3 is 1. The van der Waals surface area contributed by atoms with Gasteiger partial charge < -0.3 is 14.2 Å². The molecule has 0 aliphatic carbocycles. The minimum Gasteiger partial charge on any atom is -0.385 e. The van der Waals surface area contributed by atoms with Crippen LogP contribution in [-0.4, -0.2) is 38.5 Å². The Morgan fingerprint density at radius 3 is 2.61 bits per heavy atom. The van der Waals surface area contributed by atoms with Gasteiger partial charge in [0.05, 0.1) is 24.8 Å². The number of hydrogen-bond donors (Lipinski definition) is 0. The number of ether oxygens (including phenoxy) is 3. The minimum absolute atomic E-state index is 0.380. The predicted octanol–water partition coefficient (Wildman–Crippen LogP) is 2.96. The molecule has 0 aliphatic heterocycles. The van der Waals surface area contributed by atoms with Gasteiger partial charge in [0.25, 0.3) is 0 Å². The van der Waals surface area contributed by atoms with E-state index in [2.05, 4.69) is 4.98 Å². The van der Waals surface area contributed by atoms with Crippen LogP contribution in [0.5, 0.6) is 0 Å². The Morgan fingerprint density at radius 1 is 1.11 bits per heavy atom. The largest absolute Gasteiger partial charge is 0.385 e. The molecule has 0 fully saturated rings. The summed E-state index contributed by atoms with van der Waals surface area (Å²) in [5, 5.41) is 0.946. The average Bonchev–Trinajstić information content (AvgIpc) is 2.35. The minimum atomic E-state index is 0.380. The van der Waals surface area contributed by atoms with Crippen molar-refractivity contribution in [1.82, 2.24) is 4.98 Å². The van der Waals surface area contributed by atoms with Crippen molar-refractivity contribution in [1.29, 1.82) is 0 Å². The zero-order valence-corrected chi connectivity index (χ0v) is 11.8. The number of pyridine rings is 1. The second kappa shape index (κ2) is 9.53. The first-order valence-electron chi connectivity index (χ1n) is 5.68. The third-order valence-corrected chi connectivity index (χ3v) is 2.72. The average molecular weight is 294 g/mol. The van der Waals surface area contributed by atoms with E-state index < -0.39 is 0 Å². The van der Waals surface area contributed by atoms with Crippen LogP contribution in [0.3, 0.4) is 0 Å². The summed E-state index contributed by atoms with van der Waals surface area (Å²) in [4.78, 5) is 3.94. The molecule has 1 aromatic heterocycles. The predicted molar refractivity (Wildman–Crippen MR) is 71.2 cm³/mol. The number of rotatable bonds is 9. The molecular weight excluding hydrogens is 277 g/mol. The number of halogens is 2. The molecule has 0 aliphatic rings. The monoisotopic (exact) mass is 293 g/mol. The Hall–Kier alpha value is -0.390. The van der Waals surface area contributed by atoms with E-state index in [0.717, 1.165) is 12.0 Å². The lowest BCUT2D eigenvalue weighted by Crippen LogP contribution is -2.07. The summed E-state index contributed by atoms with van der Waals surface area (Å²) in [6, 6.07) is 1.60. The summed E-state index contributed by atoms with van der Waals surface area (Å²) in [6.45, 7) is 2.88. The van der Waals surface area contributed by atoms with E-state index in [9.17, 15) is 0 Å². The highest BCUT2D eigenvalue weighted by atomic mass is 35.5. The van der Waals surface area contributed by atoms with E-state index >= 15 is 0 Å². The molecule has 0 saturated carbocycles. The van der Waals surface area contributed by atoms with Gasteiger partial charge in [0.15, 0.2) is 0 Å². The molecule has 1 heterocycles. The molecule has 0 bridgehead atoms. The highest BCUT2D eigenvalue weighted by molar-refractivity contribution is 6.34. The smallest absolute Gasteiger partial charge is 0.130 e. The fourth-order valence-electron chi connectivity index (χ4n) is 1.25. The van der Waals surface area contributed by atoms with Gasteiger partial charge in [-0.2, -0.15) is 0 Å². The maximum absolute atomic E-state index is 5.98. The molecule has 1 aromatic rings. The first kappa shape index (κ1) is 15.7. The van der Waals surface area contributed by atoms with Gasteiger partial charge >= 0.3 is 0 Å². The van der Waals surface area contributed by atoms with Crippen LogP contribution in [0.25, 0.3) is 0 Å². The van der Waals surface area contributed by atoms with E-state index in [4.69, 9.17) is 37.4 Å². The molecule has 0 unspecified atom stereocenters. The Morgan fingerprint density at radius 2 is 1.89 bits per heavy atom. The fraction of sp³-hybridized carbons (Fsp3) is 0.583. The zero-order chi connectivity index (χ0) is 13.2. The maximum atomic E-state index is 5.98. The molecule has 0 spiro atoms. The third-order valence-electron chi connectivity index (χ3n) is 2.16. The van der Waals surface area contributed by atoms with Crippen LogP contribution in [0.15, 0.2) is 12.3 Å². The molecule has 0 radical (unpaired) electrons. The van der Waals surface area contributed by atoms with Gasteiger partial charge in [-0.05, 0) is 12.5 Å². The Balaban J connectivity index is 2.07. The molecule has 6 heteroatoms. The van der Waals surface area contributed by atoms with Crippen molar-refractivity contribution in [2.75, 3.05) is 33.5 Å². The van der Waals surface area contributed by atoms with Crippen LogP contribution in [-0.2, 0) is 20.8 Å². The van der Waals surface area contributed by atoms with Gasteiger partial charge in [0.2, 0.25) is 0 Å². The first-order valence-corrected chi connectivity index (χ1v) is 6.44. The van der Waals surface area contributed by atoms with Crippen LogP contribution in [0.2, 0.25) is 10.2 Å². The lowest BCUT2D eigenvalue weighted by Gasteiger charge is -2.07. The van der Waals surface area contributed by atoms with Crippen molar-refractivity contribution in [2.45, 2.75) is 13.0 Å². The Bertz CT molecular complexity index is 350. The zero-order valence-electron chi connectivity index (χ0n) is 10.3. The van der Waals surface area contributed by atoms with Gasteiger partial charge in [-0.15, -0.1) is 0 Å². The number of nitrogens with zero attached hydrogens (tertiary/aromatic N) is 1. The molecule has 0 amide bonds. The molecule has 102 valence electrons. The SMILES string of the molecule is COCCCOCCOCc1cnc(Cl)cc1Cl. The molecule has 0 saturated heterocycles. The van der Waals surface area contributed by atoms with E-state index in [1.165, 1.54) is 0 Å². The summed E-state index contributed by atoms with van der Waals surface area (Å²) >= 11 is 11.7. The fourth-order valence-corrected chi connectivity index (χ4v) is 1.67. The van der Waals surface area contributed by atoms with Gasteiger partial charge in [-0.1, -0.05) is 23.2 Å². The van der Waals surface area contributed by atoms with Crippen molar-refractivity contribution < 1.29 is 14.2 Å². The van der Waals surface area contributed by atoms with Crippen LogP contribution < -0.4 is 0 Å². The number of hydrogen-bond acceptors (Lipinski definition) is 4. The second-order valence-corrected chi connectivity index (χ2v) is 4.40. The molecular formula is C12H17Cl2NO3. The molecule has 0 N–H and O–H groups in total. The van der Waals surface area contributed by atoms with Crippen molar-refractivity contribution in [3.63, 3.8) is 0 Å². The van der Waals surface area contributed by atoms with Crippen molar-refractivity contribution in [3.05, 3.63) is 28.0 Å². The lowest BCUT2D eigenvalue weighted by atomic mass is 10.3. The normalized spacial score (nSPS) is 10.8. The maximum Gasteiger partial charge on any atom is 0.130 e. The summed E-state index contributed by atoms with van der Waals surface area (Å²) in [5.41, 5.74) is 0.820. The van der Waals surface area contributed by atoms with E-state index in [1.807, 2.05) is 0 Å². The second-order valence-electron chi connectivity index (χ2n) is 3.61. The van der Waals surface area contributed by atoms with E-state index in [-0.39, 0.29) is 0 Å². The van der Waals surface area contributed by atoms with Crippen LogP contribution in [0, 0.1) is 0 Å². The van der Waals surface area contributed by atoms with Crippen molar-refractivity contribution >= 4 is 23.2 Å². The Labute approximate surface area is 117 Å². The Kier molecular flexibility index (Phi) is 8.29. The molecule has 1 rings (SSSR count). The van der Waals surface area contributed by atoms with Crippen molar-refractivity contribution in [2.24, 2.45) is 0 Å². The topological polar surface area (TPSA) is 40.6 Å². The summed E-state index contributed by atoms with van der Waals surface area (Å²) < 4.78 is 15.7. The summed E-state index contributed by atoms with van der Waals surface area (Å²) in [6.07, 6.45) is 2.51. The van der Waals surface area contributed by atoms with Crippen LogP contribution >= 0.6 is 23.2 Å². The summed E-state index contributed by atoms with van der Waals surface area (Å²) in [5.74, 6) is 0. The summed E-state index contributed by atoms with van der Waals surface area (Å²) in [7, 11) is 1.67. The van der Waals surface area contributed by atoms with Crippen molar-refractivity contribution in [3.8, 4) is 0 Å². The van der Waals surface area contributed by atoms with E-state index in [1.54, 1.807) is 19.4 Å². The molecule has 4 nitrogen and oxygen atoms in total. The van der Waals surface area contributed by atoms with Crippen LogP contribution in [0.4, 0.5) is 0 Å². The lowest BCUT2D eigenvalue weighted by molar-refractivity contribution is 0.0336. The van der Waals surface area contributed by atoms with Gasteiger partial charge in [-0.3, -0.25) is 0 Å². The van der Waals surface area contributed by atoms with Gasteiger partial charge in [0.1, 0.15) is 5.15 Å². The molecule has 18 heavy (non-hydrogen) atoms. The quantitative estimate of drug-likeness (QED) is 0.518. The van der Waals surface area contributed by atoms with Crippen LogP contribution in [0.1, 0.15) is 12.0 Å². The van der Waals surface area contributed by atoms with Gasteiger partial charge in [-0.25, -0.2) is 4.98 Å². The van der Waals surface area contributed by atoms with E-state index in [0.29, 0.717) is 43.2 Å². The molecule has 0 aromatic carbocycles. The molecule has 0 atom stereocenters. The number of aromatic nitrogens is 1. The third kappa shape index (κ3) is 6.52. The standard InChI is InChI=1S/C12H17Cl2NO3/c1-16-3-2-4-17-5-6-18-9-10-8-15-12(14)7-11(10)13/h7-8H,2-6,9H2,1H3. The first-order chi connectivity index (χ1) is 8.74. The van der Waals surface area contributed by atoms with Gasteiger partial charge in [0, 0.05) is 32.1 Å².